The number of furan rings is 1. The topological polar surface area (TPSA) is 88.2 Å². The first kappa shape index (κ1) is 21.6. The fourth-order valence-electron chi connectivity index (χ4n) is 3.10. The van der Waals surface area contributed by atoms with Gasteiger partial charge in [-0.2, -0.15) is 0 Å². The van der Waals surface area contributed by atoms with Gasteiger partial charge < -0.3 is 14.8 Å². The average Bonchev–Trinajstić information content (AvgIpc) is 3.54. The van der Waals surface area contributed by atoms with Gasteiger partial charge in [0.25, 0.3) is 5.91 Å². The highest BCUT2D eigenvalue weighted by atomic mass is 79.9. The Morgan fingerprint density at radius 1 is 1.29 bits per heavy atom. The number of nitrogens with zero attached hydrogens (tertiary/aromatic N) is 2. The molecule has 6 nitrogen and oxygen atoms in total. The summed E-state index contributed by atoms with van der Waals surface area (Å²) in [6.45, 7) is 1.89. The van der Waals surface area contributed by atoms with Crippen molar-refractivity contribution in [2.24, 2.45) is 5.92 Å². The van der Waals surface area contributed by atoms with Gasteiger partial charge in [-0.1, -0.05) is 23.7 Å². The van der Waals surface area contributed by atoms with Crippen LogP contribution in [-0.4, -0.2) is 33.1 Å². The van der Waals surface area contributed by atoms with Crippen LogP contribution in [0.5, 0.6) is 0 Å². The molecule has 1 amide bonds. The monoisotopic (exact) mass is 499 g/mol. The van der Waals surface area contributed by atoms with E-state index in [1.165, 1.54) is 6.20 Å². The molecule has 8 heteroatoms. The second-order valence-electron chi connectivity index (χ2n) is 7.63. The minimum absolute atomic E-state index is 0.142. The number of hydrogen-bond donors (Lipinski definition) is 2. The third-order valence-electron chi connectivity index (χ3n) is 5.06. The summed E-state index contributed by atoms with van der Waals surface area (Å²) in [7, 11) is 0. The van der Waals surface area contributed by atoms with Crippen LogP contribution in [0.25, 0.3) is 11.3 Å². The van der Waals surface area contributed by atoms with Crippen molar-refractivity contribution in [2.75, 3.05) is 6.54 Å². The van der Waals surface area contributed by atoms with Crippen LogP contribution in [0, 0.1) is 17.8 Å². The van der Waals surface area contributed by atoms with E-state index in [4.69, 9.17) is 16.0 Å². The van der Waals surface area contributed by atoms with E-state index < -0.39 is 11.5 Å². The van der Waals surface area contributed by atoms with Crippen LogP contribution in [0.4, 0.5) is 0 Å². The zero-order valence-electron chi connectivity index (χ0n) is 16.7. The van der Waals surface area contributed by atoms with Gasteiger partial charge in [0, 0.05) is 17.1 Å². The molecule has 0 bridgehead atoms. The Labute approximate surface area is 193 Å². The molecule has 3 aromatic rings. The van der Waals surface area contributed by atoms with Gasteiger partial charge in [0.1, 0.15) is 17.1 Å². The third kappa shape index (κ3) is 5.34. The first-order valence-corrected chi connectivity index (χ1v) is 10.9. The van der Waals surface area contributed by atoms with Crippen LogP contribution >= 0.6 is 27.5 Å². The lowest BCUT2D eigenvalue weighted by Gasteiger charge is -2.23. The van der Waals surface area contributed by atoms with E-state index in [9.17, 15) is 9.90 Å². The summed E-state index contributed by atoms with van der Waals surface area (Å²) in [5, 5.41) is 13.8. The number of nitrogens with one attached hydrogen (secondary N) is 1. The Hall–Kier alpha value is -2.66. The molecule has 1 saturated carbocycles. The lowest BCUT2D eigenvalue weighted by atomic mass is 10.0. The van der Waals surface area contributed by atoms with Crippen LogP contribution in [0.2, 0.25) is 5.02 Å². The van der Waals surface area contributed by atoms with Gasteiger partial charge in [0.05, 0.1) is 11.8 Å². The Morgan fingerprint density at radius 2 is 2.03 bits per heavy atom. The number of rotatable bonds is 5. The first-order chi connectivity index (χ1) is 14.8. The molecule has 2 aromatic heterocycles. The van der Waals surface area contributed by atoms with Crippen molar-refractivity contribution in [3.8, 4) is 23.1 Å². The molecular formula is C23H19BrClN3O3. The van der Waals surface area contributed by atoms with Crippen molar-refractivity contribution >= 4 is 33.4 Å². The zero-order valence-corrected chi connectivity index (χ0v) is 19.0. The number of amides is 1. The minimum atomic E-state index is -0.926. The first-order valence-electron chi connectivity index (χ1n) is 9.73. The van der Waals surface area contributed by atoms with E-state index >= 15 is 0 Å². The fraction of sp³-hybridized carbons (Fsp3) is 0.261. The summed E-state index contributed by atoms with van der Waals surface area (Å²) in [4.78, 5) is 21.5. The zero-order chi connectivity index (χ0) is 22.0. The molecule has 0 radical (unpaired) electrons. The summed E-state index contributed by atoms with van der Waals surface area (Å²) < 4.78 is 5.98. The lowest BCUT2D eigenvalue weighted by Crippen LogP contribution is -2.42. The average molecular weight is 501 g/mol. The lowest BCUT2D eigenvalue weighted by molar-refractivity contribution is 0.0353. The molecule has 31 heavy (non-hydrogen) atoms. The maximum absolute atomic E-state index is 12.7. The van der Waals surface area contributed by atoms with Gasteiger partial charge in [0.15, 0.2) is 10.4 Å². The predicted octanol–water partition coefficient (Wildman–Crippen LogP) is 4.44. The molecule has 158 valence electrons. The molecular weight excluding hydrogens is 482 g/mol. The third-order valence-corrected chi connectivity index (χ3v) is 5.74. The molecule has 0 aliphatic heterocycles. The van der Waals surface area contributed by atoms with Gasteiger partial charge >= 0.3 is 0 Å². The normalized spacial score (nSPS) is 15.0. The molecule has 2 heterocycles. The summed E-state index contributed by atoms with van der Waals surface area (Å²) in [6, 6.07) is 10.5. The molecule has 2 N–H and O–H groups in total. The molecule has 0 saturated heterocycles. The van der Waals surface area contributed by atoms with Crippen LogP contribution in [0.1, 0.15) is 41.7 Å². The molecule has 0 spiro atoms. The molecule has 0 unspecified atom stereocenters. The Bertz CT molecular complexity index is 1170. The highest BCUT2D eigenvalue weighted by Gasteiger charge is 2.40. The molecule has 1 atom stereocenters. The van der Waals surface area contributed by atoms with E-state index in [0.717, 1.165) is 18.4 Å². The quantitative estimate of drug-likeness (QED) is 0.506. The van der Waals surface area contributed by atoms with Crippen LogP contribution in [-0.2, 0) is 0 Å². The van der Waals surface area contributed by atoms with Crippen molar-refractivity contribution in [2.45, 2.75) is 25.4 Å². The SMILES string of the molecule is C[C@](O)(CNC(=O)c1cnc(C#Cc2ccc(Br)o2)c(-c2ccc(Cl)cc2)n1)C1CC1. The molecule has 1 aliphatic rings. The van der Waals surface area contributed by atoms with E-state index in [2.05, 4.69) is 43.1 Å². The van der Waals surface area contributed by atoms with E-state index in [0.29, 0.717) is 26.8 Å². The van der Waals surface area contributed by atoms with Crippen molar-refractivity contribution in [1.82, 2.24) is 15.3 Å². The van der Waals surface area contributed by atoms with Gasteiger partial charge in [-0.3, -0.25) is 4.79 Å². The van der Waals surface area contributed by atoms with E-state index in [1.54, 1.807) is 43.3 Å². The summed E-state index contributed by atoms with van der Waals surface area (Å²) in [6.07, 6.45) is 3.33. The summed E-state index contributed by atoms with van der Waals surface area (Å²) >= 11 is 9.26. The fourth-order valence-corrected chi connectivity index (χ4v) is 3.53. The van der Waals surface area contributed by atoms with E-state index in [1.807, 2.05) is 0 Å². The maximum Gasteiger partial charge on any atom is 0.271 e. The smallest absolute Gasteiger partial charge is 0.271 e. The standard InChI is InChI=1S/C23H19BrClN3O3/c1-23(30,15-4-5-15)13-27-22(29)19-12-26-18(10-8-17-9-11-20(24)31-17)21(28-19)14-2-6-16(25)7-3-14/h2-3,6-7,9,11-12,15,30H,4-5,13H2,1H3,(H,27,29)/t23-/m0/s1. The molecule has 1 fully saturated rings. The summed E-state index contributed by atoms with van der Waals surface area (Å²) in [5.74, 6) is 6.16. The largest absolute Gasteiger partial charge is 0.441 e. The molecule has 1 aromatic carbocycles. The van der Waals surface area contributed by atoms with Crippen LogP contribution in [0.3, 0.4) is 0 Å². The maximum atomic E-state index is 12.7. The number of benzene rings is 1. The Morgan fingerprint density at radius 3 is 2.68 bits per heavy atom. The highest BCUT2D eigenvalue weighted by molar-refractivity contribution is 9.10. The molecule has 4 rings (SSSR count). The number of carbonyl (C=O) groups is 1. The number of aliphatic hydroxyl groups is 1. The van der Waals surface area contributed by atoms with E-state index in [-0.39, 0.29) is 18.2 Å². The number of aromatic nitrogens is 2. The van der Waals surface area contributed by atoms with Gasteiger partial charge in [-0.25, -0.2) is 9.97 Å². The predicted molar refractivity (Wildman–Crippen MR) is 121 cm³/mol. The van der Waals surface area contributed by atoms with Gasteiger partial charge in [0.2, 0.25) is 0 Å². The number of hydrogen-bond acceptors (Lipinski definition) is 5. The molecule has 1 aliphatic carbocycles. The van der Waals surface area contributed by atoms with Crippen molar-refractivity contribution in [3.05, 3.63) is 69.4 Å². The van der Waals surface area contributed by atoms with Crippen molar-refractivity contribution in [1.29, 1.82) is 0 Å². The second-order valence-corrected chi connectivity index (χ2v) is 8.85. The van der Waals surface area contributed by atoms with Gasteiger partial charge in [-0.15, -0.1) is 0 Å². The Balaban J connectivity index is 1.63. The number of halogens is 2. The van der Waals surface area contributed by atoms with Crippen molar-refractivity contribution < 1.29 is 14.3 Å². The van der Waals surface area contributed by atoms with Gasteiger partial charge in [-0.05, 0) is 77.7 Å². The van der Waals surface area contributed by atoms with Crippen LogP contribution < -0.4 is 5.32 Å². The van der Waals surface area contributed by atoms with Crippen LogP contribution in [0.15, 0.2) is 51.7 Å². The highest BCUT2D eigenvalue weighted by Crippen LogP contribution is 2.39. The minimum Gasteiger partial charge on any atom is -0.441 e. The second kappa shape index (κ2) is 8.83. The Kier molecular flexibility index (Phi) is 6.15. The summed E-state index contributed by atoms with van der Waals surface area (Å²) in [5.41, 5.74) is 0.794. The van der Waals surface area contributed by atoms with Crippen molar-refractivity contribution in [3.63, 3.8) is 0 Å². The number of carbonyl (C=O) groups excluding carboxylic acids is 1.